The van der Waals surface area contributed by atoms with E-state index in [1.165, 1.54) is 18.2 Å². The Morgan fingerprint density at radius 2 is 1.78 bits per heavy atom. The average molecular weight is 485 g/mol. The maximum atomic E-state index is 13.8. The lowest BCUT2D eigenvalue weighted by molar-refractivity contribution is -0.384. The summed E-state index contributed by atoms with van der Waals surface area (Å²) in [7, 11) is 0. The van der Waals surface area contributed by atoms with Crippen molar-refractivity contribution in [2.75, 3.05) is 5.32 Å². The van der Waals surface area contributed by atoms with Crippen LogP contribution in [0.4, 0.5) is 11.4 Å². The largest absolute Gasteiger partial charge is 0.508 e. The summed E-state index contributed by atoms with van der Waals surface area (Å²) >= 11 is 0. The van der Waals surface area contributed by atoms with Crippen molar-refractivity contribution in [3.63, 3.8) is 0 Å². The molecule has 6 rings (SSSR count). The van der Waals surface area contributed by atoms with Gasteiger partial charge in [0.25, 0.3) is 5.69 Å². The first-order chi connectivity index (χ1) is 17.4. The number of rotatable bonds is 5. The number of carbonyl (C=O) groups is 2. The number of hydrogen-bond donors (Lipinski definition) is 3. The van der Waals surface area contributed by atoms with Gasteiger partial charge >= 0.3 is 0 Å². The van der Waals surface area contributed by atoms with E-state index in [-0.39, 0.29) is 29.7 Å². The first-order valence-electron chi connectivity index (χ1n) is 11.9. The Bertz CT molecular complexity index is 1390. The molecule has 9 nitrogen and oxygen atoms in total. The van der Waals surface area contributed by atoms with Gasteiger partial charge in [0.05, 0.1) is 4.92 Å². The van der Waals surface area contributed by atoms with Crippen LogP contribution in [-0.4, -0.2) is 45.0 Å². The molecule has 3 aromatic carbocycles. The van der Waals surface area contributed by atoms with Gasteiger partial charge in [-0.05, 0) is 36.1 Å². The van der Waals surface area contributed by atoms with Gasteiger partial charge in [-0.25, -0.2) is 0 Å². The first-order valence-corrected chi connectivity index (χ1v) is 11.9. The normalized spacial score (nSPS) is 26.0. The average Bonchev–Trinajstić information content (AvgIpc) is 3.35. The minimum Gasteiger partial charge on any atom is -0.508 e. The number of amides is 2. The summed E-state index contributed by atoms with van der Waals surface area (Å²) in [4.78, 5) is 39.7. The second kappa shape index (κ2) is 8.08. The number of anilines is 1. The van der Waals surface area contributed by atoms with E-state index < -0.39 is 28.6 Å². The molecule has 182 valence electrons. The van der Waals surface area contributed by atoms with E-state index in [1.54, 1.807) is 4.90 Å². The lowest BCUT2D eigenvalue weighted by Crippen LogP contribution is -2.64. The van der Waals surface area contributed by atoms with Gasteiger partial charge in [-0.15, -0.1) is 0 Å². The molecule has 3 N–H and O–H groups in total. The lowest BCUT2D eigenvalue weighted by Gasteiger charge is -2.38. The summed E-state index contributed by atoms with van der Waals surface area (Å²) in [6, 6.07) is 19.8. The number of non-ortho nitro benzene ring substituents is 1. The van der Waals surface area contributed by atoms with Gasteiger partial charge in [0.15, 0.2) is 0 Å². The third-order valence-corrected chi connectivity index (χ3v) is 7.68. The van der Waals surface area contributed by atoms with Gasteiger partial charge in [-0.2, -0.15) is 0 Å². The summed E-state index contributed by atoms with van der Waals surface area (Å²) in [6.07, 6.45) is 0.411. The number of nitro benzene ring substituents is 1. The third kappa shape index (κ3) is 3.30. The maximum Gasteiger partial charge on any atom is 0.269 e. The molecule has 2 amide bonds. The minimum atomic E-state index is -0.747. The molecule has 0 unspecified atom stereocenters. The van der Waals surface area contributed by atoms with Crippen LogP contribution in [0.1, 0.15) is 23.1 Å². The second-order valence-electron chi connectivity index (χ2n) is 9.71. The van der Waals surface area contributed by atoms with Crippen LogP contribution in [0.15, 0.2) is 72.8 Å². The molecule has 0 bridgehead atoms. The number of nitro groups is 1. The van der Waals surface area contributed by atoms with Gasteiger partial charge < -0.3 is 20.6 Å². The highest BCUT2D eigenvalue weighted by Gasteiger charge is 2.62. The van der Waals surface area contributed by atoms with Crippen molar-refractivity contribution in [3.8, 4) is 5.75 Å². The molecule has 4 atom stereocenters. The van der Waals surface area contributed by atoms with E-state index in [4.69, 9.17) is 0 Å². The van der Waals surface area contributed by atoms with E-state index in [2.05, 4.69) is 10.6 Å². The Labute approximate surface area is 206 Å². The molecule has 3 heterocycles. The van der Waals surface area contributed by atoms with Crippen LogP contribution in [0.2, 0.25) is 0 Å². The molecule has 3 aromatic rings. The molecule has 0 aromatic heterocycles. The zero-order valence-corrected chi connectivity index (χ0v) is 19.3. The number of piperazine rings is 1. The van der Waals surface area contributed by atoms with Crippen molar-refractivity contribution < 1.29 is 19.6 Å². The quantitative estimate of drug-likeness (QED) is 0.378. The highest BCUT2D eigenvalue weighted by atomic mass is 16.6. The Balaban J connectivity index is 1.41. The Kier molecular flexibility index (Phi) is 4.96. The summed E-state index contributed by atoms with van der Waals surface area (Å²) in [5.74, 6) is -0.438. The van der Waals surface area contributed by atoms with Crippen LogP contribution >= 0.6 is 0 Å². The van der Waals surface area contributed by atoms with Crippen molar-refractivity contribution in [1.29, 1.82) is 0 Å². The molecule has 0 radical (unpaired) electrons. The van der Waals surface area contributed by atoms with Crippen LogP contribution in [0.3, 0.4) is 0 Å². The topological polar surface area (TPSA) is 125 Å². The van der Waals surface area contributed by atoms with Crippen molar-refractivity contribution in [1.82, 2.24) is 10.2 Å². The van der Waals surface area contributed by atoms with Gasteiger partial charge in [0.2, 0.25) is 11.8 Å². The van der Waals surface area contributed by atoms with Crippen LogP contribution < -0.4 is 10.6 Å². The number of nitrogens with zero attached hydrogens (tertiary/aromatic N) is 2. The van der Waals surface area contributed by atoms with Crippen molar-refractivity contribution in [2.24, 2.45) is 0 Å². The predicted octanol–water partition coefficient (Wildman–Crippen LogP) is 2.87. The number of aromatic hydroxyl groups is 1. The van der Waals surface area contributed by atoms with E-state index in [1.807, 2.05) is 54.6 Å². The number of fused-ring (bicyclic) bond motifs is 5. The van der Waals surface area contributed by atoms with E-state index >= 15 is 0 Å². The monoisotopic (exact) mass is 484 g/mol. The second-order valence-corrected chi connectivity index (χ2v) is 9.71. The number of benzene rings is 3. The van der Waals surface area contributed by atoms with Crippen LogP contribution in [-0.2, 0) is 27.8 Å². The SMILES string of the molecule is O=C1N[C@@H](Cc2ccccc2)C(=O)N2[C@H]1C[C@@]1(Cc3cc([N+](=O)[O-])ccc3O)c3ccccc3N[C@@H]21. The van der Waals surface area contributed by atoms with E-state index in [0.29, 0.717) is 18.4 Å². The summed E-state index contributed by atoms with van der Waals surface area (Å²) in [5, 5.41) is 28.4. The molecular formula is C27H24N4O5. The van der Waals surface area contributed by atoms with Gasteiger partial charge in [-0.1, -0.05) is 48.5 Å². The van der Waals surface area contributed by atoms with Crippen molar-refractivity contribution in [2.45, 2.75) is 42.9 Å². The van der Waals surface area contributed by atoms with E-state index in [9.17, 15) is 24.8 Å². The molecule has 36 heavy (non-hydrogen) atoms. The molecule has 0 aliphatic carbocycles. The zero-order valence-electron chi connectivity index (χ0n) is 19.3. The van der Waals surface area contributed by atoms with Crippen LogP contribution in [0.25, 0.3) is 0 Å². The predicted molar refractivity (Wildman–Crippen MR) is 131 cm³/mol. The van der Waals surface area contributed by atoms with Crippen LogP contribution in [0.5, 0.6) is 5.75 Å². The highest BCUT2D eigenvalue weighted by Crippen LogP contribution is 2.54. The fourth-order valence-corrected chi connectivity index (χ4v) is 6.09. The van der Waals surface area contributed by atoms with E-state index in [0.717, 1.165) is 16.8 Å². The molecular weight excluding hydrogens is 460 g/mol. The molecule has 0 spiro atoms. The number of nitrogens with one attached hydrogen (secondary N) is 2. The molecule has 2 saturated heterocycles. The molecule has 9 heteroatoms. The lowest BCUT2D eigenvalue weighted by atomic mass is 9.73. The molecule has 3 aliphatic rings. The number of phenolic OH excluding ortho intramolecular Hbond substituents is 1. The van der Waals surface area contributed by atoms with Gasteiger partial charge in [0.1, 0.15) is 24.0 Å². The first kappa shape index (κ1) is 22.1. The standard InChI is InChI=1S/C27H24N4O5/c32-23-11-10-18(31(35)36)13-17(23)14-27-15-22-24(33)28-21(12-16-6-2-1-3-7-16)25(34)30(22)26(27)29-20-9-5-4-8-19(20)27/h1-11,13,21-22,26,29,32H,12,14-15H2,(H,28,33)/t21-,22-,26-,27-/m0/s1. The fourth-order valence-electron chi connectivity index (χ4n) is 6.09. The zero-order chi connectivity index (χ0) is 25.0. The Hall–Kier alpha value is -4.40. The number of para-hydroxylation sites is 1. The maximum absolute atomic E-state index is 13.8. The van der Waals surface area contributed by atoms with Gasteiger partial charge in [-0.3, -0.25) is 19.7 Å². The Morgan fingerprint density at radius 1 is 1.03 bits per heavy atom. The minimum absolute atomic E-state index is 0.0549. The summed E-state index contributed by atoms with van der Waals surface area (Å²) in [5.41, 5.74) is 2.26. The summed E-state index contributed by atoms with van der Waals surface area (Å²) < 4.78 is 0. The smallest absolute Gasteiger partial charge is 0.269 e. The molecule has 2 fully saturated rings. The highest BCUT2D eigenvalue weighted by molar-refractivity contribution is 5.99. The fraction of sp³-hybridized carbons (Fsp3) is 0.259. The number of hydrogen-bond acceptors (Lipinski definition) is 6. The number of carbonyl (C=O) groups excluding carboxylic acids is 2. The van der Waals surface area contributed by atoms with Gasteiger partial charge in [0, 0.05) is 35.2 Å². The van der Waals surface area contributed by atoms with Crippen LogP contribution in [0, 0.1) is 10.1 Å². The molecule has 0 saturated carbocycles. The third-order valence-electron chi connectivity index (χ3n) is 7.68. The molecule has 3 aliphatic heterocycles. The number of phenols is 1. The Morgan fingerprint density at radius 3 is 2.56 bits per heavy atom. The van der Waals surface area contributed by atoms with Crippen molar-refractivity contribution >= 4 is 23.2 Å². The van der Waals surface area contributed by atoms with Crippen molar-refractivity contribution in [3.05, 3.63) is 99.6 Å². The summed E-state index contributed by atoms with van der Waals surface area (Å²) in [6.45, 7) is 0.